The maximum atomic E-state index is 10.8. The molecule has 0 bridgehead atoms. The van der Waals surface area contributed by atoms with E-state index in [0.29, 0.717) is 23.7 Å². The van der Waals surface area contributed by atoms with Gasteiger partial charge in [-0.2, -0.15) is 0 Å². The molecule has 1 fully saturated rings. The molecule has 0 amide bonds. The van der Waals surface area contributed by atoms with Crippen LogP contribution in [-0.2, 0) is 0 Å². The molecule has 0 spiro atoms. The third-order valence-electron chi connectivity index (χ3n) is 2.67. The maximum Gasteiger partial charge on any atom is 0.156 e. The third-order valence-corrected chi connectivity index (χ3v) is 2.97. The van der Waals surface area contributed by atoms with E-state index in [1.54, 1.807) is 0 Å². The highest BCUT2D eigenvalue weighted by Gasteiger charge is 2.26. The second kappa shape index (κ2) is 4.14. The molecule has 1 heterocycles. The number of hydrogen-bond acceptors (Lipinski definition) is 4. The van der Waals surface area contributed by atoms with Crippen LogP contribution in [0.3, 0.4) is 0 Å². The van der Waals surface area contributed by atoms with Gasteiger partial charge in [0, 0.05) is 6.04 Å². The minimum atomic E-state index is 0.204. The molecule has 0 radical (unpaired) electrons. The van der Waals surface area contributed by atoms with Crippen LogP contribution in [0.25, 0.3) is 0 Å². The van der Waals surface area contributed by atoms with Crippen molar-refractivity contribution in [2.75, 3.05) is 5.32 Å². The molecule has 1 aromatic heterocycles. The molecule has 1 N–H and O–H groups in total. The van der Waals surface area contributed by atoms with Crippen LogP contribution in [0.15, 0.2) is 6.33 Å². The molecule has 5 heteroatoms. The fourth-order valence-corrected chi connectivity index (χ4v) is 1.98. The summed E-state index contributed by atoms with van der Waals surface area (Å²) in [7, 11) is 0. The van der Waals surface area contributed by atoms with Crippen molar-refractivity contribution in [2.24, 2.45) is 5.92 Å². The molecule has 1 saturated carbocycles. The molecule has 15 heavy (non-hydrogen) atoms. The molecular weight excluding hydrogens is 214 g/mol. The Morgan fingerprint density at radius 2 is 2.27 bits per heavy atom. The molecule has 0 unspecified atom stereocenters. The minimum Gasteiger partial charge on any atom is -0.367 e. The first-order valence-electron chi connectivity index (χ1n) is 4.93. The first-order chi connectivity index (χ1) is 7.20. The highest BCUT2D eigenvalue weighted by Crippen LogP contribution is 2.30. The first-order valence-corrected chi connectivity index (χ1v) is 5.30. The summed E-state index contributed by atoms with van der Waals surface area (Å²) in [6.07, 6.45) is 4.27. The lowest BCUT2D eigenvalue weighted by molar-refractivity contribution is 0.112. The van der Waals surface area contributed by atoms with Crippen molar-refractivity contribution in [3.05, 3.63) is 17.0 Å². The van der Waals surface area contributed by atoms with E-state index in [0.717, 1.165) is 18.8 Å². The zero-order valence-corrected chi connectivity index (χ0v) is 9.16. The fourth-order valence-electron chi connectivity index (χ4n) is 1.81. The van der Waals surface area contributed by atoms with Gasteiger partial charge >= 0.3 is 0 Å². The van der Waals surface area contributed by atoms with Gasteiger partial charge in [0.1, 0.15) is 17.3 Å². The highest BCUT2D eigenvalue weighted by molar-refractivity contribution is 6.32. The summed E-state index contributed by atoms with van der Waals surface area (Å²) in [6, 6.07) is 0.407. The van der Waals surface area contributed by atoms with Crippen molar-refractivity contribution in [3.8, 4) is 0 Å². The van der Waals surface area contributed by atoms with Crippen LogP contribution in [0, 0.1) is 5.92 Å². The van der Waals surface area contributed by atoms with Crippen LogP contribution >= 0.6 is 11.6 Å². The number of rotatable bonds is 3. The SMILES string of the molecule is CC1CC(Nc2ncnc(Cl)c2C=O)C1. The molecule has 4 nitrogen and oxygen atoms in total. The molecule has 2 rings (SSSR count). The Balaban J connectivity index is 2.13. The Kier molecular flexibility index (Phi) is 2.86. The number of nitrogens with one attached hydrogen (secondary N) is 1. The summed E-state index contributed by atoms with van der Waals surface area (Å²) in [4.78, 5) is 18.6. The quantitative estimate of drug-likeness (QED) is 0.633. The average Bonchev–Trinajstić information content (AvgIpc) is 2.16. The van der Waals surface area contributed by atoms with E-state index in [4.69, 9.17) is 11.6 Å². The molecule has 0 atom stereocenters. The molecular formula is C10H12ClN3O. The number of aldehydes is 1. The molecule has 0 aliphatic heterocycles. The summed E-state index contributed by atoms with van der Waals surface area (Å²) in [5.74, 6) is 1.29. The Labute approximate surface area is 93.1 Å². The van der Waals surface area contributed by atoms with Crippen molar-refractivity contribution in [3.63, 3.8) is 0 Å². The van der Waals surface area contributed by atoms with Gasteiger partial charge in [0.15, 0.2) is 6.29 Å². The van der Waals surface area contributed by atoms with Gasteiger partial charge in [-0.15, -0.1) is 0 Å². The zero-order chi connectivity index (χ0) is 10.8. The topological polar surface area (TPSA) is 54.9 Å². The van der Waals surface area contributed by atoms with Gasteiger partial charge in [-0.3, -0.25) is 4.79 Å². The average molecular weight is 226 g/mol. The van der Waals surface area contributed by atoms with E-state index in [9.17, 15) is 4.79 Å². The largest absolute Gasteiger partial charge is 0.367 e. The van der Waals surface area contributed by atoms with Crippen molar-refractivity contribution in [1.29, 1.82) is 0 Å². The van der Waals surface area contributed by atoms with Gasteiger partial charge in [-0.25, -0.2) is 9.97 Å². The molecule has 80 valence electrons. The van der Waals surface area contributed by atoms with Crippen molar-refractivity contribution < 1.29 is 4.79 Å². The number of hydrogen-bond donors (Lipinski definition) is 1. The smallest absolute Gasteiger partial charge is 0.156 e. The fraction of sp³-hybridized carbons (Fsp3) is 0.500. The second-order valence-corrected chi connectivity index (χ2v) is 4.32. The van der Waals surface area contributed by atoms with Crippen LogP contribution in [-0.4, -0.2) is 22.3 Å². The van der Waals surface area contributed by atoms with E-state index in [2.05, 4.69) is 22.2 Å². The number of aromatic nitrogens is 2. The number of carbonyl (C=O) groups is 1. The molecule has 1 aliphatic carbocycles. The molecule has 1 aromatic rings. The third kappa shape index (κ3) is 2.09. The van der Waals surface area contributed by atoms with Crippen molar-refractivity contribution >= 4 is 23.7 Å². The van der Waals surface area contributed by atoms with Crippen LogP contribution < -0.4 is 5.32 Å². The molecule has 0 saturated heterocycles. The predicted molar refractivity (Wildman–Crippen MR) is 58.2 cm³/mol. The Morgan fingerprint density at radius 3 is 2.87 bits per heavy atom. The van der Waals surface area contributed by atoms with Crippen molar-refractivity contribution in [1.82, 2.24) is 9.97 Å². The van der Waals surface area contributed by atoms with Gasteiger partial charge in [0.25, 0.3) is 0 Å². The zero-order valence-electron chi connectivity index (χ0n) is 8.40. The minimum absolute atomic E-state index is 0.204. The second-order valence-electron chi connectivity index (χ2n) is 3.96. The Bertz CT molecular complexity index is 377. The lowest BCUT2D eigenvalue weighted by atomic mass is 9.82. The van der Waals surface area contributed by atoms with Gasteiger partial charge < -0.3 is 5.32 Å². The summed E-state index contributed by atoms with van der Waals surface area (Å²) < 4.78 is 0. The summed E-state index contributed by atoms with van der Waals surface area (Å²) in [6.45, 7) is 2.20. The van der Waals surface area contributed by atoms with Gasteiger partial charge in [0.2, 0.25) is 0 Å². The first kappa shape index (κ1) is 10.4. The van der Waals surface area contributed by atoms with E-state index >= 15 is 0 Å². The monoisotopic (exact) mass is 225 g/mol. The lowest BCUT2D eigenvalue weighted by Gasteiger charge is -2.33. The van der Waals surface area contributed by atoms with Gasteiger partial charge in [0.05, 0.1) is 5.56 Å². The Hall–Kier alpha value is -1.16. The van der Waals surface area contributed by atoms with E-state index in [1.165, 1.54) is 6.33 Å². The van der Waals surface area contributed by atoms with Crippen LogP contribution in [0.4, 0.5) is 5.82 Å². The molecule has 1 aliphatic rings. The van der Waals surface area contributed by atoms with E-state index in [1.807, 2.05) is 0 Å². The number of carbonyl (C=O) groups excluding carboxylic acids is 1. The highest BCUT2D eigenvalue weighted by atomic mass is 35.5. The maximum absolute atomic E-state index is 10.8. The van der Waals surface area contributed by atoms with Crippen molar-refractivity contribution in [2.45, 2.75) is 25.8 Å². The summed E-state index contributed by atoms with van der Waals surface area (Å²) >= 11 is 5.78. The molecule has 0 aromatic carbocycles. The predicted octanol–water partition coefficient (Wildman–Crippen LogP) is 2.15. The summed E-state index contributed by atoms with van der Waals surface area (Å²) in [5.41, 5.74) is 0.346. The van der Waals surface area contributed by atoms with Crippen LogP contribution in [0.2, 0.25) is 5.15 Å². The van der Waals surface area contributed by atoms with E-state index in [-0.39, 0.29) is 5.15 Å². The van der Waals surface area contributed by atoms with Crippen LogP contribution in [0.1, 0.15) is 30.1 Å². The number of anilines is 1. The normalized spacial score (nSPS) is 24.4. The standard InChI is InChI=1S/C10H12ClN3O/c1-6-2-7(3-6)14-10-8(4-15)9(11)12-5-13-10/h4-7H,2-3H2,1H3,(H,12,13,14). The lowest BCUT2D eigenvalue weighted by Crippen LogP contribution is -2.34. The number of halogens is 1. The van der Waals surface area contributed by atoms with Crippen LogP contribution in [0.5, 0.6) is 0 Å². The Morgan fingerprint density at radius 1 is 1.53 bits per heavy atom. The summed E-state index contributed by atoms with van der Waals surface area (Å²) in [5, 5.41) is 3.41. The van der Waals surface area contributed by atoms with E-state index < -0.39 is 0 Å². The number of nitrogens with zero attached hydrogens (tertiary/aromatic N) is 2. The van der Waals surface area contributed by atoms with Gasteiger partial charge in [-0.1, -0.05) is 18.5 Å². The van der Waals surface area contributed by atoms with Gasteiger partial charge in [-0.05, 0) is 18.8 Å².